The maximum Gasteiger partial charge on any atom is 0.224 e. The van der Waals surface area contributed by atoms with Crippen LogP contribution in [0.25, 0.3) is 6.20 Å². The minimum atomic E-state index is 0.574. The predicted molar refractivity (Wildman–Crippen MR) is 62.2 cm³/mol. The third kappa shape index (κ3) is 1.44. The molecule has 0 amide bonds. The molecule has 0 radical (unpaired) electrons. The molecule has 3 rings (SSSR count). The number of nitrogens with two attached hydrogens (primary N) is 1. The Balaban J connectivity index is 2.02. The summed E-state index contributed by atoms with van der Waals surface area (Å²) in [6, 6.07) is 9.63. The molecule has 0 bridgehead atoms. The lowest BCUT2D eigenvalue weighted by molar-refractivity contribution is 0.501. The molecule has 1 aromatic heterocycles. The van der Waals surface area contributed by atoms with Gasteiger partial charge in [0.25, 0.3) is 0 Å². The van der Waals surface area contributed by atoms with E-state index in [1.54, 1.807) is 6.26 Å². The molecule has 4 heteroatoms. The van der Waals surface area contributed by atoms with Crippen LogP contribution in [0, 0.1) is 0 Å². The number of anilines is 2. The Hall–Kier alpha value is -2.23. The Labute approximate surface area is 92.3 Å². The van der Waals surface area contributed by atoms with Crippen LogP contribution in [0.15, 0.2) is 46.0 Å². The fourth-order valence-corrected chi connectivity index (χ4v) is 1.71. The van der Waals surface area contributed by atoms with Gasteiger partial charge in [-0.15, -0.1) is 0 Å². The second kappa shape index (κ2) is 3.41. The first-order chi connectivity index (χ1) is 7.83. The molecular weight excluding hydrogens is 202 g/mol. The highest BCUT2D eigenvalue weighted by Gasteiger charge is 2.07. The standard InChI is InChI=1S/C12H11N3O/c13-10-1-3-11(4-2-10)15-7-9-5-6-16-12(9)14-8-15/h1-7H,8,13H2. The van der Waals surface area contributed by atoms with Crippen molar-refractivity contribution in [2.24, 2.45) is 4.99 Å². The van der Waals surface area contributed by atoms with Crippen molar-refractivity contribution in [1.82, 2.24) is 0 Å². The van der Waals surface area contributed by atoms with E-state index < -0.39 is 0 Å². The molecule has 0 fully saturated rings. The Bertz CT molecular complexity index is 612. The van der Waals surface area contributed by atoms with Crippen molar-refractivity contribution in [3.05, 3.63) is 47.4 Å². The summed E-state index contributed by atoms with van der Waals surface area (Å²) in [6.07, 6.45) is 3.68. The van der Waals surface area contributed by atoms with E-state index in [1.807, 2.05) is 36.5 Å². The SMILES string of the molecule is Nc1ccc(N2C=c3ccoc3=NC2)cc1. The van der Waals surface area contributed by atoms with E-state index in [1.165, 1.54) is 0 Å². The summed E-state index contributed by atoms with van der Waals surface area (Å²) in [4.78, 5) is 6.38. The monoisotopic (exact) mass is 213 g/mol. The van der Waals surface area contributed by atoms with Crippen molar-refractivity contribution in [2.75, 3.05) is 17.3 Å². The molecule has 1 aliphatic rings. The molecular formula is C12H11N3O. The quantitative estimate of drug-likeness (QED) is 0.709. The van der Waals surface area contributed by atoms with Gasteiger partial charge in [0.1, 0.15) is 6.67 Å². The Kier molecular flexibility index (Phi) is 1.93. The summed E-state index contributed by atoms with van der Waals surface area (Å²) >= 11 is 0. The van der Waals surface area contributed by atoms with Crippen LogP contribution in [0.4, 0.5) is 11.4 Å². The molecule has 0 aliphatic carbocycles. The summed E-state index contributed by atoms with van der Waals surface area (Å²) in [6.45, 7) is 0.574. The summed E-state index contributed by atoms with van der Waals surface area (Å²) < 4.78 is 5.21. The second-order valence-electron chi connectivity index (χ2n) is 3.67. The predicted octanol–water partition coefficient (Wildman–Crippen LogP) is 0.697. The topological polar surface area (TPSA) is 54.8 Å². The molecule has 2 aromatic rings. The number of nitrogens with zero attached hydrogens (tertiary/aromatic N) is 2. The highest BCUT2D eigenvalue weighted by molar-refractivity contribution is 5.61. The van der Waals surface area contributed by atoms with Gasteiger partial charge in [-0.1, -0.05) is 0 Å². The zero-order chi connectivity index (χ0) is 11.0. The smallest absolute Gasteiger partial charge is 0.224 e. The third-order valence-corrected chi connectivity index (χ3v) is 2.56. The van der Waals surface area contributed by atoms with Crippen LogP contribution in [0.3, 0.4) is 0 Å². The number of benzene rings is 1. The van der Waals surface area contributed by atoms with Gasteiger partial charge in [-0.2, -0.15) is 0 Å². The average Bonchev–Trinajstić information content (AvgIpc) is 2.77. The molecule has 0 spiro atoms. The number of rotatable bonds is 1. The highest BCUT2D eigenvalue weighted by Crippen LogP contribution is 2.16. The summed E-state index contributed by atoms with van der Waals surface area (Å²) in [5, 5.41) is 1.00. The van der Waals surface area contributed by atoms with Crippen LogP contribution in [0.1, 0.15) is 0 Å². The van der Waals surface area contributed by atoms with Crippen LogP contribution < -0.4 is 21.4 Å². The van der Waals surface area contributed by atoms with Gasteiger partial charge in [-0.05, 0) is 30.3 Å². The van der Waals surface area contributed by atoms with E-state index in [0.29, 0.717) is 12.2 Å². The van der Waals surface area contributed by atoms with Gasteiger partial charge < -0.3 is 15.1 Å². The Morgan fingerprint density at radius 2 is 2.00 bits per heavy atom. The van der Waals surface area contributed by atoms with Gasteiger partial charge in [-0.25, -0.2) is 4.99 Å². The zero-order valence-electron chi connectivity index (χ0n) is 8.63. The van der Waals surface area contributed by atoms with Gasteiger partial charge in [-0.3, -0.25) is 0 Å². The molecule has 2 N–H and O–H groups in total. The van der Waals surface area contributed by atoms with Crippen molar-refractivity contribution in [1.29, 1.82) is 0 Å². The van der Waals surface area contributed by atoms with Gasteiger partial charge in [0.05, 0.1) is 11.5 Å². The van der Waals surface area contributed by atoms with Crippen molar-refractivity contribution in [3.63, 3.8) is 0 Å². The van der Waals surface area contributed by atoms with Crippen LogP contribution in [-0.2, 0) is 0 Å². The van der Waals surface area contributed by atoms with Crippen molar-refractivity contribution < 1.29 is 4.42 Å². The van der Waals surface area contributed by atoms with E-state index in [-0.39, 0.29) is 0 Å². The Morgan fingerprint density at radius 3 is 2.81 bits per heavy atom. The van der Waals surface area contributed by atoms with Gasteiger partial charge in [0.2, 0.25) is 5.55 Å². The molecule has 16 heavy (non-hydrogen) atoms. The summed E-state index contributed by atoms with van der Waals surface area (Å²) in [7, 11) is 0. The van der Waals surface area contributed by atoms with Crippen molar-refractivity contribution in [3.8, 4) is 0 Å². The van der Waals surface area contributed by atoms with Crippen molar-refractivity contribution in [2.45, 2.75) is 0 Å². The normalized spacial score (nSPS) is 13.9. The molecule has 1 aliphatic heterocycles. The molecule has 0 saturated carbocycles. The van der Waals surface area contributed by atoms with Gasteiger partial charge in [0.15, 0.2) is 0 Å². The fourth-order valence-electron chi connectivity index (χ4n) is 1.71. The number of hydrogen-bond donors (Lipinski definition) is 1. The van der Waals surface area contributed by atoms with Crippen LogP contribution in [0.5, 0.6) is 0 Å². The molecule has 80 valence electrons. The largest absolute Gasteiger partial charge is 0.446 e. The zero-order valence-corrected chi connectivity index (χ0v) is 8.63. The summed E-state index contributed by atoms with van der Waals surface area (Å²) in [5.41, 5.74) is 8.19. The maximum atomic E-state index is 5.65. The highest BCUT2D eigenvalue weighted by atomic mass is 16.3. The maximum absolute atomic E-state index is 5.65. The van der Waals surface area contributed by atoms with E-state index in [0.717, 1.165) is 16.6 Å². The van der Waals surface area contributed by atoms with Gasteiger partial charge in [0, 0.05) is 17.6 Å². The number of fused-ring (bicyclic) bond motifs is 1. The number of furan rings is 1. The lowest BCUT2D eigenvalue weighted by Gasteiger charge is -2.19. The van der Waals surface area contributed by atoms with Gasteiger partial charge >= 0.3 is 0 Å². The summed E-state index contributed by atoms with van der Waals surface area (Å²) in [5.74, 6) is 0. The lowest BCUT2D eigenvalue weighted by Crippen LogP contribution is -2.33. The molecule has 0 unspecified atom stereocenters. The first-order valence-corrected chi connectivity index (χ1v) is 5.05. The van der Waals surface area contributed by atoms with Crippen molar-refractivity contribution >= 4 is 17.6 Å². The molecule has 0 atom stereocenters. The number of hydrogen-bond acceptors (Lipinski definition) is 4. The second-order valence-corrected chi connectivity index (χ2v) is 3.67. The van der Waals surface area contributed by atoms with Crippen LogP contribution in [0.2, 0.25) is 0 Å². The first-order valence-electron chi connectivity index (χ1n) is 5.05. The third-order valence-electron chi connectivity index (χ3n) is 2.56. The fraction of sp³-hybridized carbons (Fsp3) is 0.0833. The van der Waals surface area contributed by atoms with E-state index in [9.17, 15) is 0 Å². The van der Waals surface area contributed by atoms with E-state index >= 15 is 0 Å². The van der Waals surface area contributed by atoms with E-state index in [4.69, 9.17) is 10.2 Å². The van der Waals surface area contributed by atoms with Crippen LogP contribution >= 0.6 is 0 Å². The first kappa shape index (κ1) is 9.03. The number of nitrogen functional groups attached to an aromatic ring is 1. The van der Waals surface area contributed by atoms with Crippen LogP contribution in [-0.4, -0.2) is 6.67 Å². The molecule has 4 nitrogen and oxygen atoms in total. The molecule has 0 saturated heterocycles. The minimum absolute atomic E-state index is 0.574. The molecule has 1 aromatic carbocycles. The molecule has 2 heterocycles. The lowest BCUT2D eigenvalue weighted by atomic mass is 10.2. The van der Waals surface area contributed by atoms with E-state index in [2.05, 4.69) is 9.89 Å². The minimum Gasteiger partial charge on any atom is -0.446 e. The average molecular weight is 213 g/mol. The Morgan fingerprint density at radius 1 is 1.19 bits per heavy atom.